The normalized spacial score (nSPS) is 12.1. The number of aromatic nitrogens is 3. The summed E-state index contributed by atoms with van der Waals surface area (Å²) in [5.74, 6) is -0.175. The van der Waals surface area contributed by atoms with Gasteiger partial charge in [0.2, 0.25) is 3.79 Å². The third-order valence-corrected chi connectivity index (χ3v) is 3.82. The monoisotopic (exact) mass is 467 g/mol. The lowest BCUT2D eigenvalue weighted by atomic mass is 10.2. The Labute approximate surface area is 176 Å². The first-order valence-corrected chi connectivity index (χ1v) is 8.94. The molecule has 2 N–H and O–H groups in total. The summed E-state index contributed by atoms with van der Waals surface area (Å²) in [6, 6.07) is 8.93. The van der Waals surface area contributed by atoms with Crippen LogP contribution in [0.4, 0.5) is 23.8 Å². The molecule has 3 rings (SSSR count). The highest BCUT2D eigenvalue weighted by Crippen LogP contribution is 2.31. The van der Waals surface area contributed by atoms with Crippen molar-refractivity contribution in [2.24, 2.45) is 0 Å². The maximum absolute atomic E-state index is 13.1. The van der Waals surface area contributed by atoms with Gasteiger partial charge in [0.1, 0.15) is 12.4 Å². The minimum Gasteiger partial charge on any atom is -0.444 e. The number of carbonyl (C=O) groups is 1. The van der Waals surface area contributed by atoms with Crippen LogP contribution in [0.5, 0.6) is 0 Å². The fourth-order valence-corrected chi connectivity index (χ4v) is 2.46. The predicted molar refractivity (Wildman–Crippen MR) is 102 cm³/mol. The van der Waals surface area contributed by atoms with Crippen LogP contribution in [0.3, 0.4) is 0 Å². The second kappa shape index (κ2) is 8.13. The number of hydrogen-bond donors (Lipinski definition) is 2. The van der Waals surface area contributed by atoms with Crippen LogP contribution < -0.4 is 10.9 Å². The highest BCUT2D eigenvalue weighted by molar-refractivity contribution is 6.67. The van der Waals surface area contributed by atoms with Crippen molar-refractivity contribution in [2.75, 3.05) is 12.0 Å². The quantitative estimate of drug-likeness (QED) is 0.422. The molecule has 29 heavy (non-hydrogen) atoms. The number of rotatable bonds is 4. The first-order chi connectivity index (χ1) is 13.5. The molecular weight excluding hydrogens is 458 g/mol. The predicted octanol–water partition coefficient (Wildman–Crippen LogP) is 4.86. The zero-order chi connectivity index (χ0) is 21.2. The molecule has 3 aromatic rings. The van der Waals surface area contributed by atoms with Crippen molar-refractivity contribution in [1.82, 2.24) is 20.2 Å². The Balaban J connectivity index is 1.87. The van der Waals surface area contributed by atoms with Gasteiger partial charge in [0.25, 0.3) is 0 Å². The fourth-order valence-electron chi connectivity index (χ4n) is 2.30. The topological polar surface area (TPSA) is 81.1 Å². The molecule has 13 heteroatoms. The van der Waals surface area contributed by atoms with E-state index in [2.05, 4.69) is 25.7 Å². The van der Waals surface area contributed by atoms with E-state index in [-0.39, 0.29) is 5.82 Å². The number of nitrogens with zero attached hydrogens (tertiary/aromatic N) is 3. The average molecular weight is 469 g/mol. The van der Waals surface area contributed by atoms with Gasteiger partial charge in [-0.05, 0) is 24.3 Å². The molecule has 0 saturated carbocycles. The standard InChI is InChI=1S/C16H11Cl3F3N5O2/c17-15(18,19)8-29-14(28)25-24-13-7-12(16(20,21)22)26-27(13)10-3-4-11-9(6-10)2-1-5-23-11/h1-7,24H,8H2,(H,25,28). The molecule has 0 aliphatic heterocycles. The third-order valence-electron chi connectivity index (χ3n) is 3.49. The number of hydrazine groups is 1. The maximum Gasteiger partial charge on any atom is 0.435 e. The minimum atomic E-state index is -4.70. The molecule has 7 nitrogen and oxygen atoms in total. The number of benzene rings is 1. The van der Waals surface area contributed by atoms with Gasteiger partial charge in [-0.1, -0.05) is 40.9 Å². The lowest BCUT2D eigenvalue weighted by Gasteiger charge is -2.14. The molecule has 0 unspecified atom stereocenters. The Morgan fingerprint density at radius 2 is 1.93 bits per heavy atom. The van der Waals surface area contributed by atoms with E-state index in [1.165, 1.54) is 6.07 Å². The molecule has 0 saturated heterocycles. The number of hydrogen-bond acceptors (Lipinski definition) is 5. The lowest BCUT2D eigenvalue weighted by Crippen LogP contribution is -2.33. The van der Waals surface area contributed by atoms with Gasteiger partial charge in [-0.25, -0.2) is 14.9 Å². The zero-order valence-corrected chi connectivity index (χ0v) is 16.4. The van der Waals surface area contributed by atoms with Crippen molar-refractivity contribution in [2.45, 2.75) is 9.97 Å². The van der Waals surface area contributed by atoms with Crippen LogP contribution in [0, 0.1) is 0 Å². The van der Waals surface area contributed by atoms with Crippen molar-refractivity contribution in [3.05, 3.63) is 48.3 Å². The number of nitrogens with one attached hydrogen (secondary N) is 2. The van der Waals surface area contributed by atoms with Gasteiger partial charge < -0.3 is 4.74 Å². The molecule has 1 amide bonds. The summed E-state index contributed by atoms with van der Waals surface area (Å²) >= 11 is 16.4. The molecule has 0 aliphatic rings. The van der Waals surface area contributed by atoms with Gasteiger partial charge in [-0.3, -0.25) is 10.4 Å². The van der Waals surface area contributed by atoms with E-state index in [0.717, 1.165) is 10.7 Å². The average Bonchev–Trinajstić information content (AvgIpc) is 3.08. The van der Waals surface area contributed by atoms with E-state index in [4.69, 9.17) is 34.8 Å². The van der Waals surface area contributed by atoms with E-state index in [9.17, 15) is 18.0 Å². The van der Waals surface area contributed by atoms with Gasteiger partial charge in [0, 0.05) is 17.6 Å². The summed E-state index contributed by atoms with van der Waals surface area (Å²) in [6.45, 7) is -0.560. The molecule has 0 fully saturated rings. The number of fused-ring (bicyclic) bond motifs is 1. The Hall–Kier alpha value is -2.43. The Morgan fingerprint density at radius 3 is 2.62 bits per heavy atom. The van der Waals surface area contributed by atoms with Crippen LogP contribution in [0.1, 0.15) is 5.69 Å². The molecule has 1 aromatic carbocycles. The number of anilines is 1. The minimum absolute atomic E-state index is 0.175. The van der Waals surface area contributed by atoms with E-state index in [0.29, 0.717) is 16.6 Å². The first-order valence-electron chi connectivity index (χ1n) is 7.81. The van der Waals surface area contributed by atoms with Gasteiger partial charge in [0.15, 0.2) is 5.69 Å². The molecule has 154 valence electrons. The van der Waals surface area contributed by atoms with E-state index >= 15 is 0 Å². The Morgan fingerprint density at radius 1 is 1.17 bits per heavy atom. The second-order valence-corrected chi connectivity index (χ2v) is 8.16. The summed E-state index contributed by atoms with van der Waals surface area (Å²) in [6.07, 6.45) is -4.17. The maximum atomic E-state index is 13.1. The van der Waals surface area contributed by atoms with E-state index in [1.807, 2.05) is 0 Å². The highest BCUT2D eigenvalue weighted by Gasteiger charge is 2.35. The molecule has 0 radical (unpaired) electrons. The summed E-state index contributed by atoms with van der Waals surface area (Å²) in [5, 5.41) is 4.26. The molecular formula is C16H11Cl3F3N5O2. The molecule has 0 aliphatic carbocycles. The van der Waals surface area contributed by atoms with E-state index in [1.54, 1.807) is 30.5 Å². The van der Waals surface area contributed by atoms with E-state index < -0.39 is 28.4 Å². The SMILES string of the molecule is O=C(NNc1cc(C(F)(F)F)nn1-c1ccc2ncccc2c1)OCC(Cl)(Cl)Cl. The Bertz CT molecular complexity index is 1040. The fraction of sp³-hybridized carbons (Fsp3) is 0.188. The van der Waals surface area contributed by atoms with Crippen molar-refractivity contribution >= 4 is 57.6 Å². The number of amides is 1. The number of ether oxygens (including phenoxy) is 1. The first kappa shape index (κ1) is 21.3. The smallest absolute Gasteiger partial charge is 0.435 e. The summed E-state index contributed by atoms with van der Waals surface area (Å²) in [5.41, 5.74) is 4.17. The second-order valence-electron chi connectivity index (χ2n) is 5.65. The van der Waals surface area contributed by atoms with Crippen LogP contribution >= 0.6 is 34.8 Å². The van der Waals surface area contributed by atoms with Gasteiger partial charge in [-0.2, -0.15) is 18.3 Å². The molecule has 0 bridgehead atoms. The highest BCUT2D eigenvalue weighted by atomic mass is 35.6. The largest absolute Gasteiger partial charge is 0.444 e. The molecule has 2 aromatic heterocycles. The van der Waals surface area contributed by atoms with Crippen molar-refractivity contribution in [3.63, 3.8) is 0 Å². The van der Waals surface area contributed by atoms with Crippen LogP contribution in [0.2, 0.25) is 0 Å². The lowest BCUT2D eigenvalue weighted by molar-refractivity contribution is -0.141. The van der Waals surface area contributed by atoms with Gasteiger partial charge in [0.05, 0.1) is 11.2 Å². The van der Waals surface area contributed by atoms with Crippen LogP contribution in [-0.2, 0) is 10.9 Å². The number of pyridine rings is 1. The molecule has 2 heterocycles. The number of halogens is 6. The van der Waals surface area contributed by atoms with Gasteiger partial charge in [-0.15, -0.1) is 0 Å². The molecule has 0 spiro atoms. The third kappa shape index (κ3) is 5.55. The van der Waals surface area contributed by atoms with Gasteiger partial charge >= 0.3 is 12.3 Å². The van der Waals surface area contributed by atoms with Crippen LogP contribution in [0.15, 0.2) is 42.6 Å². The van der Waals surface area contributed by atoms with Crippen LogP contribution in [0.25, 0.3) is 16.6 Å². The van der Waals surface area contributed by atoms with Crippen molar-refractivity contribution < 1.29 is 22.7 Å². The van der Waals surface area contributed by atoms with Crippen LogP contribution in [-0.4, -0.2) is 31.3 Å². The molecule has 0 atom stereocenters. The Kier molecular flexibility index (Phi) is 5.97. The van der Waals surface area contributed by atoms with Crippen molar-refractivity contribution in [3.8, 4) is 5.69 Å². The van der Waals surface area contributed by atoms with Crippen molar-refractivity contribution in [1.29, 1.82) is 0 Å². The zero-order valence-electron chi connectivity index (χ0n) is 14.2. The number of alkyl halides is 6. The summed E-state index contributed by atoms with van der Waals surface area (Å²) in [4.78, 5) is 15.8. The number of carbonyl (C=O) groups excluding carboxylic acids is 1. The summed E-state index contributed by atoms with van der Waals surface area (Å²) in [7, 11) is 0. The summed E-state index contributed by atoms with van der Waals surface area (Å²) < 4.78 is 43.2.